The number of H-pyrrole nitrogens is 1. The van der Waals surface area contributed by atoms with Gasteiger partial charge < -0.3 is 5.32 Å². The Morgan fingerprint density at radius 2 is 1.81 bits per heavy atom. The second-order valence-electron chi connectivity index (χ2n) is 6.78. The molecule has 2 heterocycles. The first-order valence-corrected chi connectivity index (χ1v) is 9.48. The monoisotopic (exact) mass is 355 g/mol. The Morgan fingerprint density at radius 1 is 1.04 bits per heavy atom. The van der Waals surface area contributed by atoms with Crippen LogP contribution in [0.3, 0.4) is 0 Å². The number of rotatable bonds is 6. The van der Waals surface area contributed by atoms with E-state index in [1.54, 1.807) is 0 Å². The number of pyridine rings is 1. The molecule has 0 bridgehead atoms. The lowest BCUT2D eigenvalue weighted by Crippen LogP contribution is -2.28. The van der Waals surface area contributed by atoms with E-state index >= 15 is 0 Å². The standard InChI is InChI=1S/C23H22N4/c1-2-8-18-15-22(25-14-13-17-9-4-3-5-10-17)27-21-12-7-6-11-20(21)26-23(27)19(18)16-24/h3-7,9-12,15H,2,8,13-14H2,1H3,(H,25,26)/p+1. The fourth-order valence-electron chi connectivity index (χ4n) is 3.66. The van der Waals surface area contributed by atoms with Crippen LogP contribution in [0, 0.1) is 11.3 Å². The number of anilines is 1. The third-order valence-electron chi connectivity index (χ3n) is 4.93. The largest absolute Gasteiger partial charge is 0.305 e. The smallest absolute Gasteiger partial charge is 0.250 e. The number of hydrogen-bond acceptors (Lipinski definition) is 2. The van der Waals surface area contributed by atoms with Crippen molar-refractivity contribution in [1.82, 2.24) is 4.98 Å². The van der Waals surface area contributed by atoms with Gasteiger partial charge in [-0.05, 0) is 29.7 Å². The Labute approximate surface area is 159 Å². The van der Waals surface area contributed by atoms with Gasteiger partial charge in [0.1, 0.15) is 22.7 Å². The molecule has 0 saturated heterocycles. The number of aryl methyl sites for hydroxylation is 1. The molecule has 4 heteroatoms. The number of para-hydroxylation sites is 2. The van der Waals surface area contributed by atoms with Crippen molar-refractivity contribution in [1.29, 1.82) is 5.26 Å². The highest BCUT2D eigenvalue weighted by Gasteiger charge is 2.21. The number of hydrogen-bond donors (Lipinski definition) is 2. The predicted molar refractivity (Wildman–Crippen MR) is 109 cm³/mol. The Kier molecular flexibility index (Phi) is 4.76. The van der Waals surface area contributed by atoms with Crippen molar-refractivity contribution in [2.45, 2.75) is 26.2 Å². The van der Waals surface area contributed by atoms with Crippen LogP contribution in [0.25, 0.3) is 16.7 Å². The maximum Gasteiger partial charge on any atom is 0.250 e. The molecule has 0 radical (unpaired) electrons. The zero-order valence-corrected chi connectivity index (χ0v) is 15.5. The second kappa shape index (κ2) is 7.51. The molecule has 27 heavy (non-hydrogen) atoms. The molecule has 0 spiro atoms. The summed E-state index contributed by atoms with van der Waals surface area (Å²) in [5.74, 6) is 1.03. The van der Waals surface area contributed by atoms with Gasteiger partial charge in [0.15, 0.2) is 0 Å². The van der Waals surface area contributed by atoms with Crippen LogP contribution in [0.4, 0.5) is 5.82 Å². The third-order valence-corrected chi connectivity index (χ3v) is 4.93. The van der Waals surface area contributed by atoms with Crippen molar-refractivity contribution >= 4 is 22.5 Å². The Balaban J connectivity index is 1.79. The van der Waals surface area contributed by atoms with Crippen LogP contribution in [0.1, 0.15) is 30.0 Å². The van der Waals surface area contributed by atoms with E-state index in [4.69, 9.17) is 0 Å². The first-order valence-electron chi connectivity index (χ1n) is 9.48. The molecule has 0 fully saturated rings. The number of nitrogens with one attached hydrogen (secondary N) is 2. The summed E-state index contributed by atoms with van der Waals surface area (Å²) in [6.45, 7) is 2.98. The van der Waals surface area contributed by atoms with Crippen LogP contribution in [-0.4, -0.2) is 11.5 Å². The van der Waals surface area contributed by atoms with E-state index in [-0.39, 0.29) is 0 Å². The number of fused-ring (bicyclic) bond motifs is 3. The lowest BCUT2D eigenvalue weighted by molar-refractivity contribution is -0.465. The molecule has 0 unspecified atom stereocenters. The third kappa shape index (κ3) is 3.24. The quantitative estimate of drug-likeness (QED) is 0.504. The SMILES string of the molecule is CCCc1cc(NCCc2ccccc2)[n+]2c([nH]c3ccccc32)c1C#N. The first-order chi connectivity index (χ1) is 13.3. The van der Waals surface area contributed by atoms with Crippen LogP contribution < -0.4 is 9.72 Å². The number of imidazole rings is 1. The van der Waals surface area contributed by atoms with Crippen LogP contribution in [0.15, 0.2) is 60.7 Å². The molecule has 0 aliphatic heterocycles. The highest BCUT2D eigenvalue weighted by molar-refractivity contribution is 5.77. The Morgan fingerprint density at radius 3 is 2.59 bits per heavy atom. The fraction of sp³-hybridized carbons (Fsp3) is 0.217. The molecule has 0 aliphatic rings. The van der Waals surface area contributed by atoms with Crippen LogP contribution in [0.2, 0.25) is 0 Å². The molecule has 2 aromatic carbocycles. The van der Waals surface area contributed by atoms with Gasteiger partial charge in [-0.15, -0.1) is 0 Å². The molecule has 0 atom stereocenters. The molecule has 0 aliphatic carbocycles. The van der Waals surface area contributed by atoms with Gasteiger partial charge >= 0.3 is 0 Å². The van der Waals surface area contributed by atoms with Gasteiger partial charge in [-0.3, -0.25) is 4.98 Å². The number of aromatic amines is 1. The lowest BCUT2D eigenvalue weighted by atomic mass is 10.1. The fourth-order valence-corrected chi connectivity index (χ4v) is 3.66. The second-order valence-corrected chi connectivity index (χ2v) is 6.78. The van der Waals surface area contributed by atoms with Crippen molar-refractivity contribution in [3.05, 3.63) is 77.4 Å². The van der Waals surface area contributed by atoms with E-state index in [2.05, 4.69) is 70.2 Å². The van der Waals surface area contributed by atoms with E-state index in [1.807, 2.05) is 18.2 Å². The summed E-state index contributed by atoms with van der Waals surface area (Å²) in [7, 11) is 0. The van der Waals surface area contributed by atoms with E-state index in [0.717, 1.165) is 59.4 Å². The maximum atomic E-state index is 9.78. The summed E-state index contributed by atoms with van der Waals surface area (Å²) in [4.78, 5) is 3.45. The molecule has 4 rings (SSSR count). The van der Waals surface area contributed by atoms with Crippen LogP contribution >= 0.6 is 0 Å². The highest BCUT2D eigenvalue weighted by atomic mass is 15.1. The summed E-state index contributed by atoms with van der Waals surface area (Å²) in [5, 5.41) is 13.4. The van der Waals surface area contributed by atoms with Crippen molar-refractivity contribution in [2.24, 2.45) is 0 Å². The summed E-state index contributed by atoms with van der Waals surface area (Å²) in [6.07, 6.45) is 2.85. The summed E-state index contributed by atoms with van der Waals surface area (Å²) < 4.78 is 2.14. The van der Waals surface area contributed by atoms with Crippen molar-refractivity contribution < 1.29 is 4.40 Å². The van der Waals surface area contributed by atoms with Crippen molar-refractivity contribution in [3.63, 3.8) is 0 Å². The highest BCUT2D eigenvalue weighted by Crippen LogP contribution is 2.21. The molecule has 2 N–H and O–H groups in total. The van der Waals surface area contributed by atoms with Crippen LogP contribution in [0.5, 0.6) is 0 Å². The molecule has 4 aromatic rings. The van der Waals surface area contributed by atoms with Crippen molar-refractivity contribution in [2.75, 3.05) is 11.9 Å². The maximum absolute atomic E-state index is 9.78. The van der Waals surface area contributed by atoms with E-state index in [9.17, 15) is 5.26 Å². The van der Waals surface area contributed by atoms with Gasteiger partial charge in [-0.25, -0.2) is 0 Å². The van der Waals surface area contributed by atoms with Gasteiger partial charge in [0.2, 0.25) is 11.5 Å². The number of aromatic nitrogens is 2. The Hall–Kier alpha value is -3.32. The van der Waals surface area contributed by atoms with E-state index in [1.165, 1.54) is 5.56 Å². The van der Waals surface area contributed by atoms with E-state index < -0.39 is 0 Å². The molecular formula is C23H23N4+. The van der Waals surface area contributed by atoms with Crippen LogP contribution in [-0.2, 0) is 12.8 Å². The minimum Gasteiger partial charge on any atom is -0.305 e. The number of nitrogens with zero attached hydrogens (tertiary/aromatic N) is 2. The average Bonchev–Trinajstić information content (AvgIpc) is 3.09. The molecule has 2 aromatic heterocycles. The number of nitriles is 1. The first kappa shape index (κ1) is 17.1. The zero-order valence-electron chi connectivity index (χ0n) is 15.5. The molecule has 134 valence electrons. The summed E-state index contributed by atoms with van der Waals surface area (Å²) >= 11 is 0. The van der Waals surface area contributed by atoms with E-state index in [0.29, 0.717) is 0 Å². The summed E-state index contributed by atoms with van der Waals surface area (Å²) in [6, 6.07) is 23.2. The minimum absolute atomic E-state index is 0.738. The van der Waals surface area contributed by atoms with Gasteiger partial charge in [-0.2, -0.15) is 9.66 Å². The predicted octanol–water partition coefficient (Wildman–Crippen LogP) is 4.39. The zero-order chi connectivity index (χ0) is 18.6. The minimum atomic E-state index is 0.738. The Bertz CT molecular complexity index is 1120. The molecular weight excluding hydrogens is 332 g/mol. The lowest BCUT2D eigenvalue weighted by Gasteiger charge is -2.08. The van der Waals surface area contributed by atoms with Gasteiger partial charge in [0.25, 0.3) is 0 Å². The molecule has 0 amide bonds. The summed E-state index contributed by atoms with van der Waals surface area (Å²) in [5.41, 5.74) is 6.12. The normalized spacial score (nSPS) is 11.0. The van der Waals surface area contributed by atoms with Crippen molar-refractivity contribution in [3.8, 4) is 6.07 Å². The number of benzene rings is 2. The van der Waals surface area contributed by atoms with Gasteiger partial charge in [0.05, 0.1) is 6.54 Å². The van der Waals surface area contributed by atoms with Gasteiger partial charge in [0, 0.05) is 12.5 Å². The molecule has 0 saturated carbocycles. The topological polar surface area (TPSA) is 55.7 Å². The van der Waals surface area contributed by atoms with Gasteiger partial charge in [-0.1, -0.05) is 55.8 Å². The molecule has 4 nitrogen and oxygen atoms in total. The average molecular weight is 355 g/mol.